The quantitative estimate of drug-likeness (QED) is 0.799. The van der Waals surface area contributed by atoms with Gasteiger partial charge in [0.05, 0.1) is 12.2 Å². The molecule has 0 radical (unpaired) electrons. The smallest absolute Gasteiger partial charge is 0.382 e. The van der Waals surface area contributed by atoms with Crippen molar-refractivity contribution in [3.8, 4) is 11.3 Å². The van der Waals surface area contributed by atoms with Gasteiger partial charge in [-0.15, -0.1) is 0 Å². The van der Waals surface area contributed by atoms with Crippen LogP contribution in [0.2, 0.25) is 10.2 Å². The number of hydrogen-bond donors (Lipinski definition) is 2. The van der Waals surface area contributed by atoms with Crippen molar-refractivity contribution in [2.75, 3.05) is 6.54 Å². The summed E-state index contributed by atoms with van der Waals surface area (Å²) in [4.78, 5) is 12.5. The van der Waals surface area contributed by atoms with Crippen molar-refractivity contribution >= 4 is 23.2 Å². The molecule has 0 spiro atoms. The summed E-state index contributed by atoms with van der Waals surface area (Å²) in [7, 11) is 0. The molecular weight excluding hydrogens is 370 g/mol. The molecule has 1 unspecified atom stereocenters. The van der Waals surface area contributed by atoms with Crippen molar-refractivity contribution in [1.29, 1.82) is 0 Å². The zero-order valence-electron chi connectivity index (χ0n) is 12.0. The van der Waals surface area contributed by atoms with Crippen LogP contribution in [0.15, 0.2) is 29.1 Å². The summed E-state index contributed by atoms with van der Waals surface area (Å²) in [5.41, 5.74) is -0.186. The second-order valence-corrected chi connectivity index (χ2v) is 6.19. The highest BCUT2D eigenvalue weighted by atomic mass is 35.5. The summed E-state index contributed by atoms with van der Waals surface area (Å²) < 4.78 is 40.1. The molecular formula is C14H12Cl2F3N3O2. The van der Waals surface area contributed by atoms with E-state index in [0.717, 1.165) is 4.57 Å². The fourth-order valence-electron chi connectivity index (χ4n) is 2.37. The SMILES string of the molecule is O=c1n(CC(O)C(F)(F)F)c(-c2ccc(Cl)cc2)c(Cl)n1[C@H]1CN1. The summed E-state index contributed by atoms with van der Waals surface area (Å²) in [5, 5.41) is 12.7. The number of imidazole rings is 1. The average Bonchev–Trinajstić information content (AvgIpc) is 3.28. The predicted octanol–water partition coefficient (Wildman–Crippen LogP) is 2.65. The number of benzene rings is 1. The second-order valence-electron chi connectivity index (χ2n) is 5.39. The Morgan fingerprint density at radius 2 is 1.88 bits per heavy atom. The van der Waals surface area contributed by atoms with Crippen molar-refractivity contribution in [2.45, 2.75) is 25.0 Å². The minimum atomic E-state index is -4.84. The van der Waals surface area contributed by atoms with Gasteiger partial charge in [0.15, 0.2) is 6.10 Å². The first kappa shape index (κ1) is 17.3. The van der Waals surface area contributed by atoms with E-state index >= 15 is 0 Å². The fourth-order valence-corrected chi connectivity index (χ4v) is 2.90. The Bertz CT molecular complexity index is 810. The van der Waals surface area contributed by atoms with E-state index in [9.17, 15) is 23.1 Å². The highest BCUT2D eigenvalue weighted by molar-refractivity contribution is 6.32. The van der Waals surface area contributed by atoms with Gasteiger partial charge in [-0.05, 0) is 12.1 Å². The van der Waals surface area contributed by atoms with E-state index < -0.39 is 24.5 Å². The van der Waals surface area contributed by atoms with Crippen LogP contribution in [0.25, 0.3) is 11.3 Å². The van der Waals surface area contributed by atoms with Gasteiger partial charge in [-0.2, -0.15) is 13.2 Å². The number of aliphatic hydroxyl groups is 1. The van der Waals surface area contributed by atoms with Crippen LogP contribution in [-0.2, 0) is 6.54 Å². The molecule has 0 amide bonds. The van der Waals surface area contributed by atoms with Gasteiger partial charge < -0.3 is 5.11 Å². The fraction of sp³-hybridized carbons (Fsp3) is 0.357. The monoisotopic (exact) mass is 381 g/mol. The van der Waals surface area contributed by atoms with Gasteiger partial charge in [-0.3, -0.25) is 14.5 Å². The molecule has 2 heterocycles. The Labute approximate surface area is 144 Å². The van der Waals surface area contributed by atoms with E-state index in [4.69, 9.17) is 23.2 Å². The van der Waals surface area contributed by atoms with Crippen LogP contribution >= 0.6 is 23.2 Å². The van der Waals surface area contributed by atoms with E-state index in [1.165, 1.54) is 16.7 Å². The number of nitrogens with one attached hydrogen (secondary N) is 1. The van der Waals surface area contributed by atoms with Crippen molar-refractivity contribution in [3.05, 3.63) is 44.9 Å². The Balaban J connectivity index is 2.13. The van der Waals surface area contributed by atoms with Gasteiger partial charge in [0, 0.05) is 17.1 Å². The third-order valence-corrected chi connectivity index (χ3v) is 4.28. The summed E-state index contributed by atoms with van der Waals surface area (Å²) in [6.07, 6.45) is -7.89. The molecule has 10 heteroatoms. The van der Waals surface area contributed by atoms with Crippen LogP contribution in [0.4, 0.5) is 13.2 Å². The zero-order chi connectivity index (χ0) is 17.6. The number of aliphatic hydroxyl groups excluding tert-OH is 1. The third kappa shape index (κ3) is 3.19. The molecule has 2 N–H and O–H groups in total. The van der Waals surface area contributed by atoms with Gasteiger partial charge in [0.25, 0.3) is 0 Å². The van der Waals surface area contributed by atoms with Crippen LogP contribution in [0.3, 0.4) is 0 Å². The lowest BCUT2D eigenvalue weighted by Crippen LogP contribution is -2.37. The molecule has 130 valence electrons. The number of halogens is 5. The molecule has 24 heavy (non-hydrogen) atoms. The molecule has 1 aromatic carbocycles. The molecule has 1 aromatic heterocycles. The van der Waals surface area contributed by atoms with Crippen molar-refractivity contribution in [3.63, 3.8) is 0 Å². The Hall–Kier alpha value is -1.48. The van der Waals surface area contributed by atoms with Gasteiger partial charge in [-0.25, -0.2) is 4.79 Å². The van der Waals surface area contributed by atoms with Gasteiger partial charge in [0.1, 0.15) is 11.3 Å². The summed E-state index contributed by atoms with van der Waals surface area (Å²) in [5.74, 6) is 0. The van der Waals surface area contributed by atoms with E-state index in [1.807, 2.05) is 0 Å². The molecule has 3 rings (SSSR count). The third-order valence-electron chi connectivity index (χ3n) is 3.66. The molecule has 0 bridgehead atoms. The maximum Gasteiger partial charge on any atom is 0.416 e. The second kappa shape index (κ2) is 6.11. The molecule has 0 saturated carbocycles. The van der Waals surface area contributed by atoms with Crippen LogP contribution < -0.4 is 11.0 Å². The van der Waals surface area contributed by atoms with Gasteiger partial charge >= 0.3 is 11.9 Å². The first-order chi connectivity index (χ1) is 11.2. The Kier molecular flexibility index (Phi) is 4.41. The molecule has 1 fully saturated rings. The van der Waals surface area contributed by atoms with Crippen LogP contribution in [0.5, 0.6) is 0 Å². The lowest BCUT2D eigenvalue weighted by molar-refractivity contribution is -0.207. The van der Waals surface area contributed by atoms with E-state index in [-0.39, 0.29) is 17.0 Å². The molecule has 1 saturated heterocycles. The minimum Gasteiger partial charge on any atom is -0.382 e. The van der Waals surface area contributed by atoms with E-state index in [2.05, 4.69) is 5.32 Å². The number of alkyl halides is 3. The topological polar surface area (TPSA) is 69.1 Å². The maximum atomic E-state index is 12.7. The highest BCUT2D eigenvalue weighted by Crippen LogP contribution is 2.32. The van der Waals surface area contributed by atoms with Gasteiger partial charge in [-0.1, -0.05) is 35.3 Å². The Morgan fingerprint density at radius 3 is 2.38 bits per heavy atom. The van der Waals surface area contributed by atoms with E-state index in [0.29, 0.717) is 17.1 Å². The first-order valence-corrected chi connectivity index (χ1v) is 7.70. The summed E-state index contributed by atoms with van der Waals surface area (Å²) in [6, 6.07) is 6.16. The average molecular weight is 382 g/mol. The normalized spacial score (nSPS) is 18.7. The van der Waals surface area contributed by atoms with Crippen LogP contribution in [0.1, 0.15) is 6.17 Å². The molecule has 0 aliphatic carbocycles. The largest absolute Gasteiger partial charge is 0.416 e. The van der Waals surface area contributed by atoms with Gasteiger partial charge in [0.2, 0.25) is 0 Å². The summed E-state index contributed by atoms with van der Waals surface area (Å²) in [6.45, 7) is -0.453. The number of aromatic nitrogens is 2. The molecule has 2 atom stereocenters. The van der Waals surface area contributed by atoms with Crippen molar-refractivity contribution in [1.82, 2.24) is 14.5 Å². The van der Waals surface area contributed by atoms with Crippen molar-refractivity contribution < 1.29 is 18.3 Å². The van der Waals surface area contributed by atoms with E-state index in [1.54, 1.807) is 12.1 Å². The predicted molar refractivity (Wildman–Crippen MR) is 83.2 cm³/mol. The highest BCUT2D eigenvalue weighted by Gasteiger charge is 2.40. The van der Waals surface area contributed by atoms with Crippen molar-refractivity contribution in [2.24, 2.45) is 0 Å². The molecule has 5 nitrogen and oxygen atoms in total. The van der Waals surface area contributed by atoms with Crippen LogP contribution in [-0.4, -0.2) is 33.1 Å². The maximum absolute atomic E-state index is 12.7. The first-order valence-electron chi connectivity index (χ1n) is 6.94. The molecule has 1 aliphatic rings. The lowest BCUT2D eigenvalue weighted by Gasteiger charge is -2.16. The lowest BCUT2D eigenvalue weighted by atomic mass is 10.1. The summed E-state index contributed by atoms with van der Waals surface area (Å²) >= 11 is 12.1. The number of nitrogens with zero attached hydrogens (tertiary/aromatic N) is 2. The minimum absolute atomic E-state index is 0.00620. The van der Waals surface area contributed by atoms with Crippen LogP contribution in [0, 0.1) is 0 Å². The number of rotatable bonds is 4. The molecule has 1 aliphatic heterocycles. The zero-order valence-corrected chi connectivity index (χ0v) is 13.5. The molecule has 2 aromatic rings. The number of hydrogen-bond acceptors (Lipinski definition) is 3. The Morgan fingerprint density at radius 1 is 1.29 bits per heavy atom. The standard InChI is InChI=1S/C14H12Cl2F3N3O2/c15-8-3-1-7(2-4-8)11-12(16)22(10-5-20-10)13(24)21(11)6-9(23)14(17,18)19/h1-4,9-10,20,23H,5-6H2/t9?,10-/m0/s1.